The Morgan fingerprint density at radius 2 is 2.06 bits per heavy atom. The van der Waals surface area contributed by atoms with Gasteiger partial charge in [-0.05, 0) is 17.7 Å². The molecule has 1 aliphatic carbocycles. The summed E-state index contributed by atoms with van der Waals surface area (Å²) < 4.78 is 5.14. The van der Waals surface area contributed by atoms with Crippen LogP contribution in [-0.4, -0.2) is 17.1 Å². The zero-order chi connectivity index (χ0) is 12.0. The van der Waals surface area contributed by atoms with Gasteiger partial charge in [-0.15, -0.1) is 0 Å². The summed E-state index contributed by atoms with van der Waals surface area (Å²) in [5.41, 5.74) is 2.29. The standard InChI is InChI=1S/C12H10N2O3/c1-17-7-3-2-6-4-9-10(8(6)5-7)13-12(16)14-11(9)15/h2-3,5H,4H2,1H3,(H2,13,14,15,16). The normalized spacial score (nSPS) is 12.1. The van der Waals surface area contributed by atoms with Crippen molar-refractivity contribution in [1.82, 2.24) is 9.97 Å². The fourth-order valence-corrected chi connectivity index (χ4v) is 2.17. The number of aromatic nitrogens is 2. The highest BCUT2D eigenvalue weighted by Crippen LogP contribution is 2.34. The van der Waals surface area contributed by atoms with Gasteiger partial charge in [-0.25, -0.2) is 4.79 Å². The third-order valence-electron chi connectivity index (χ3n) is 3.00. The summed E-state index contributed by atoms with van der Waals surface area (Å²) in [4.78, 5) is 27.8. The highest BCUT2D eigenvalue weighted by Gasteiger charge is 2.22. The molecule has 0 bridgehead atoms. The second-order valence-corrected chi connectivity index (χ2v) is 3.96. The van der Waals surface area contributed by atoms with E-state index in [9.17, 15) is 9.59 Å². The number of ether oxygens (including phenoxy) is 1. The first-order valence-corrected chi connectivity index (χ1v) is 5.22. The van der Waals surface area contributed by atoms with E-state index in [-0.39, 0.29) is 5.56 Å². The molecule has 0 fully saturated rings. The average Bonchev–Trinajstić information content (AvgIpc) is 2.67. The molecule has 0 spiro atoms. The van der Waals surface area contributed by atoms with Gasteiger partial charge in [0.15, 0.2) is 0 Å². The van der Waals surface area contributed by atoms with Crippen LogP contribution in [0.5, 0.6) is 5.75 Å². The molecule has 1 heterocycles. The van der Waals surface area contributed by atoms with Crippen molar-refractivity contribution in [3.63, 3.8) is 0 Å². The molecule has 1 aliphatic rings. The fourth-order valence-electron chi connectivity index (χ4n) is 2.17. The summed E-state index contributed by atoms with van der Waals surface area (Å²) in [6, 6.07) is 5.58. The van der Waals surface area contributed by atoms with Gasteiger partial charge < -0.3 is 9.72 Å². The Morgan fingerprint density at radius 3 is 2.82 bits per heavy atom. The van der Waals surface area contributed by atoms with Crippen LogP contribution in [0.15, 0.2) is 27.8 Å². The number of nitrogens with one attached hydrogen (secondary N) is 2. The van der Waals surface area contributed by atoms with Crippen LogP contribution in [0.4, 0.5) is 0 Å². The lowest BCUT2D eigenvalue weighted by Gasteiger charge is -2.03. The highest BCUT2D eigenvalue weighted by molar-refractivity contribution is 5.74. The second kappa shape index (κ2) is 3.35. The molecular weight excluding hydrogens is 220 g/mol. The van der Waals surface area contributed by atoms with Crippen molar-refractivity contribution < 1.29 is 4.74 Å². The number of H-pyrrole nitrogens is 2. The van der Waals surface area contributed by atoms with Gasteiger partial charge in [-0.2, -0.15) is 0 Å². The number of rotatable bonds is 1. The molecule has 0 atom stereocenters. The minimum atomic E-state index is -0.482. The minimum Gasteiger partial charge on any atom is -0.497 e. The van der Waals surface area contributed by atoms with Gasteiger partial charge in [0.2, 0.25) is 0 Å². The molecule has 0 amide bonds. The summed E-state index contributed by atoms with van der Waals surface area (Å²) in [5, 5.41) is 0. The van der Waals surface area contributed by atoms with Crippen LogP contribution in [-0.2, 0) is 6.42 Å². The van der Waals surface area contributed by atoms with Crippen LogP contribution in [0.1, 0.15) is 11.1 Å². The monoisotopic (exact) mass is 230 g/mol. The lowest BCUT2D eigenvalue weighted by molar-refractivity contribution is 0.415. The Labute approximate surface area is 96.1 Å². The van der Waals surface area contributed by atoms with Crippen molar-refractivity contribution in [2.75, 3.05) is 7.11 Å². The highest BCUT2D eigenvalue weighted by atomic mass is 16.5. The molecular formula is C12H10N2O3. The number of benzene rings is 1. The van der Waals surface area contributed by atoms with E-state index in [1.54, 1.807) is 7.11 Å². The van der Waals surface area contributed by atoms with Crippen LogP contribution in [0.25, 0.3) is 11.3 Å². The molecule has 3 rings (SSSR count). The smallest absolute Gasteiger partial charge is 0.326 e. The first-order valence-electron chi connectivity index (χ1n) is 5.22. The van der Waals surface area contributed by atoms with Crippen molar-refractivity contribution in [2.45, 2.75) is 6.42 Å². The van der Waals surface area contributed by atoms with Crippen LogP contribution < -0.4 is 16.0 Å². The van der Waals surface area contributed by atoms with E-state index in [2.05, 4.69) is 9.97 Å². The maximum atomic E-state index is 11.6. The third-order valence-corrected chi connectivity index (χ3v) is 3.00. The third kappa shape index (κ3) is 1.39. The first-order chi connectivity index (χ1) is 8.19. The molecule has 0 unspecified atom stereocenters. The molecule has 5 heteroatoms. The zero-order valence-corrected chi connectivity index (χ0v) is 9.16. The van der Waals surface area contributed by atoms with E-state index in [1.807, 2.05) is 18.2 Å². The first kappa shape index (κ1) is 9.89. The molecule has 1 aromatic carbocycles. The van der Waals surface area contributed by atoms with E-state index in [0.29, 0.717) is 23.4 Å². The number of hydrogen-bond acceptors (Lipinski definition) is 3. The molecule has 0 aliphatic heterocycles. The summed E-state index contributed by atoms with van der Waals surface area (Å²) in [6.45, 7) is 0. The number of aromatic amines is 2. The molecule has 86 valence electrons. The molecule has 2 aromatic rings. The van der Waals surface area contributed by atoms with Gasteiger partial charge in [0.25, 0.3) is 5.56 Å². The fraction of sp³-hybridized carbons (Fsp3) is 0.167. The Hall–Kier alpha value is -2.30. The van der Waals surface area contributed by atoms with Gasteiger partial charge >= 0.3 is 5.69 Å². The Balaban J connectivity index is 2.32. The minimum absolute atomic E-state index is 0.320. The van der Waals surface area contributed by atoms with Gasteiger partial charge in [-0.3, -0.25) is 9.78 Å². The Morgan fingerprint density at radius 1 is 1.24 bits per heavy atom. The predicted molar refractivity (Wildman–Crippen MR) is 62.5 cm³/mol. The molecule has 5 nitrogen and oxygen atoms in total. The van der Waals surface area contributed by atoms with Crippen molar-refractivity contribution in [2.24, 2.45) is 0 Å². The van der Waals surface area contributed by atoms with E-state index >= 15 is 0 Å². The number of hydrogen-bond donors (Lipinski definition) is 2. The van der Waals surface area contributed by atoms with Gasteiger partial charge in [0.05, 0.1) is 12.8 Å². The Kier molecular flexibility index (Phi) is 1.95. The van der Waals surface area contributed by atoms with E-state index in [1.165, 1.54) is 0 Å². The molecule has 17 heavy (non-hydrogen) atoms. The van der Waals surface area contributed by atoms with E-state index in [0.717, 1.165) is 11.1 Å². The van der Waals surface area contributed by atoms with Crippen LogP contribution in [0, 0.1) is 0 Å². The zero-order valence-electron chi connectivity index (χ0n) is 9.16. The maximum absolute atomic E-state index is 11.6. The molecule has 1 aromatic heterocycles. The van der Waals surface area contributed by atoms with Gasteiger partial charge in [0, 0.05) is 17.5 Å². The number of fused-ring (bicyclic) bond motifs is 3. The predicted octanol–water partition coefficient (Wildman–Crippen LogP) is 0.643. The van der Waals surface area contributed by atoms with Crippen LogP contribution >= 0.6 is 0 Å². The summed E-state index contributed by atoms with van der Waals surface area (Å²) in [6.07, 6.45) is 0.542. The van der Waals surface area contributed by atoms with E-state index < -0.39 is 5.69 Å². The van der Waals surface area contributed by atoms with Gasteiger partial charge in [-0.1, -0.05) is 6.07 Å². The molecule has 0 saturated heterocycles. The van der Waals surface area contributed by atoms with Crippen molar-refractivity contribution in [1.29, 1.82) is 0 Å². The summed E-state index contributed by atoms with van der Waals surface area (Å²) in [7, 11) is 1.58. The lowest BCUT2D eigenvalue weighted by atomic mass is 10.1. The van der Waals surface area contributed by atoms with Crippen molar-refractivity contribution in [3.05, 3.63) is 50.2 Å². The molecule has 2 N–H and O–H groups in total. The number of methoxy groups -OCH3 is 1. The second-order valence-electron chi connectivity index (χ2n) is 3.96. The topological polar surface area (TPSA) is 75.0 Å². The summed E-state index contributed by atoms with van der Waals surface area (Å²) in [5.74, 6) is 0.706. The molecule has 0 saturated carbocycles. The average molecular weight is 230 g/mol. The SMILES string of the molecule is COc1ccc2c(c1)-c1[nH]c(=O)[nH]c(=O)c1C2. The van der Waals surface area contributed by atoms with Crippen molar-refractivity contribution >= 4 is 0 Å². The van der Waals surface area contributed by atoms with Crippen LogP contribution in [0.2, 0.25) is 0 Å². The van der Waals surface area contributed by atoms with E-state index in [4.69, 9.17) is 4.74 Å². The largest absolute Gasteiger partial charge is 0.497 e. The maximum Gasteiger partial charge on any atom is 0.326 e. The quantitative estimate of drug-likeness (QED) is 0.644. The lowest BCUT2D eigenvalue weighted by Crippen LogP contribution is -2.24. The Bertz CT molecular complexity index is 712. The van der Waals surface area contributed by atoms with Gasteiger partial charge in [0.1, 0.15) is 5.75 Å². The van der Waals surface area contributed by atoms with Crippen LogP contribution in [0.3, 0.4) is 0 Å². The molecule has 0 radical (unpaired) electrons. The van der Waals surface area contributed by atoms with Crippen molar-refractivity contribution in [3.8, 4) is 17.0 Å². The summed E-state index contributed by atoms with van der Waals surface area (Å²) >= 11 is 0.